The van der Waals surface area contributed by atoms with E-state index in [9.17, 15) is 4.79 Å². The summed E-state index contributed by atoms with van der Waals surface area (Å²) in [5.74, 6) is 0.275. The molecule has 0 bridgehead atoms. The van der Waals surface area contributed by atoms with Crippen molar-refractivity contribution >= 4 is 27.5 Å². The molecule has 0 radical (unpaired) electrons. The fourth-order valence-corrected chi connectivity index (χ4v) is 3.23. The number of aryl methyl sites for hydroxylation is 1. The number of rotatable bonds is 4. The standard InChI is InChI=1S/C16H20N2OS/c1-5-8-18-13-7-6-12(4)10-14(13)20-16(18)17-15(19)9-11(2)3/h5-7,10-11H,1,8-9H2,2-4H3. The molecule has 0 N–H and O–H groups in total. The van der Waals surface area contributed by atoms with Gasteiger partial charge in [0.25, 0.3) is 0 Å². The van der Waals surface area contributed by atoms with Gasteiger partial charge in [-0.15, -0.1) is 6.58 Å². The number of hydrogen-bond acceptors (Lipinski definition) is 2. The van der Waals surface area contributed by atoms with Crippen LogP contribution in [0.4, 0.5) is 0 Å². The number of benzene rings is 1. The third-order valence-electron chi connectivity index (χ3n) is 2.95. The Hall–Kier alpha value is -1.68. The van der Waals surface area contributed by atoms with Gasteiger partial charge in [-0.2, -0.15) is 4.99 Å². The second-order valence-electron chi connectivity index (χ2n) is 5.36. The first kappa shape index (κ1) is 14.7. The molecule has 1 amide bonds. The summed E-state index contributed by atoms with van der Waals surface area (Å²) in [6.45, 7) is 10.6. The number of amides is 1. The number of allylic oxidation sites excluding steroid dienone is 1. The molecule has 3 nitrogen and oxygen atoms in total. The molecule has 0 spiro atoms. The molecule has 2 aromatic rings. The summed E-state index contributed by atoms with van der Waals surface area (Å²) >= 11 is 1.56. The van der Waals surface area contributed by atoms with E-state index in [1.807, 2.05) is 24.5 Å². The number of thiazole rings is 1. The van der Waals surface area contributed by atoms with Crippen LogP contribution < -0.4 is 4.80 Å². The maximum atomic E-state index is 11.9. The van der Waals surface area contributed by atoms with Gasteiger partial charge < -0.3 is 4.57 Å². The topological polar surface area (TPSA) is 34.4 Å². The Bertz CT molecular complexity index is 707. The number of fused-ring (bicyclic) bond motifs is 1. The molecule has 0 saturated carbocycles. The van der Waals surface area contributed by atoms with Crippen LogP contribution in [0.5, 0.6) is 0 Å². The summed E-state index contributed by atoms with van der Waals surface area (Å²) in [4.78, 5) is 17.0. The molecule has 0 atom stereocenters. The van der Waals surface area contributed by atoms with Gasteiger partial charge in [0.2, 0.25) is 5.91 Å². The second kappa shape index (κ2) is 6.18. The lowest BCUT2D eigenvalue weighted by Crippen LogP contribution is -2.16. The molecule has 1 heterocycles. The zero-order valence-corrected chi connectivity index (χ0v) is 13.0. The summed E-state index contributed by atoms with van der Waals surface area (Å²) in [7, 11) is 0. The molecule has 0 aliphatic heterocycles. The lowest BCUT2D eigenvalue weighted by Gasteiger charge is -2.02. The summed E-state index contributed by atoms with van der Waals surface area (Å²) in [5.41, 5.74) is 2.32. The highest BCUT2D eigenvalue weighted by molar-refractivity contribution is 7.16. The summed E-state index contributed by atoms with van der Waals surface area (Å²) in [6.07, 6.45) is 2.32. The Morgan fingerprint density at radius 1 is 1.50 bits per heavy atom. The van der Waals surface area contributed by atoms with E-state index in [-0.39, 0.29) is 5.91 Å². The monoisotopic (exact) mass is 288 g/mol. The average molecular weight is 288 g/mol. The van der Waals surface area contributed by atoms with Crippen molar-refractivity contribution in [3.8, 4) is 0 Å². The first-order valence-corrected chi connectivity index (χ1v) is 7.61. The van der Waals surface area contributed by atoms with Crippen molar-refractivity contribution in [3.05, 3.63) is 41.2 Å². The lowest BCUT2D eigenvalue weighted by molar-refractivity contribution is -0.118. The zero-order valence-electron chi connectivity index (χ0n) is 12.2. The molecule has 0 fully saturated rings. The Kier molecular flexibility index (Phi) is 4.55. The van der Waals surface area contributed by atoms with Crippen LogP contribution in [0.2, 0.25) is 0 Å². The Labute approximate surface area is 123 Å². The van der Waals surface area contributed by atoms with Crippen molar-refractivity contribution in [2.45, 2.75) is 33.7 Å². The van der Waals surface area contributed by atoms with Crippen molar-refractivity contribution in [2.24, 2.45) is 10.9 Å². The molecule has 1 aromatic carbocycles. The van der Waals surface area contributed by atoms with Crippen LogP contribution in [-0.2, 0) is 11.3 Å². The van der Waals surface area contributed by atoms with Gasteiger partial charge in [-0.05, 0) is 30.5 Å². The third kappa shape index (κ3) is 3.25. The van der Waals surface area contributed by atoms with Crippen molar-refractivity contribution in [1.29, 1.82) is 0 Å². The van der Waals surface area contributed by atoms with Crippen LogP contribution in [0.25, 0.3) is 10.2 Å². The molecule has 0 unspecified atom stereocenters. The molecule has 106 valence electrons. The van der Waals surface area contributed by atoms with Crippen molar-refractivity contribution in [3.63, 3.8) is 0 Å². The van der Waals surface area contributed by atoms with Crippen molar-refractivity contribution in [1.82, 2.24) is 4.57 Å². The summed E-state index contributed by atoms with van der Waals surface area (Å²) in [6, 6.07) is 6.29. The Morgan fingerprint density at radius 3 is 2.90 bits per heavy atom. The molecule has 1 aromatic heterocycles. The maximum Gasteiger partial charge on any atom is 0.248 e. The smallest absolute Gasteiger partial charge is 0.248 e. The van der Waals surface area contributed by atoms with Gasteiger partial charge in [0, 0.05) is 13.0 Å². The van der Waals surface area contributed by atoms with Gasteiger partial charge in [-0.25, -0.2) is 0 Å². The summed E-state index contributed by atoms with van der Waals surface area (Å²) < 4.78 is 3.20. The minimum Gasteiger partial charge on any atom is -0.313 e. The first-order valence-electron chi connectivity index (χ1n) is 6.79. The molecular formula is C16H20N2OS. The number of nitrogens with zero attached hydrogens (tertiary/aromatic N) is 2. The first-order chi connectivity index (χ1) is 9.51. The number of aromatic nitrogens is 1. The van der Waals surface area contributed by atoms with E-state index in [0.717, 1.165) is 15.0 Å². The fourth-order valence-electron chi connectivity index (χ4n) is 2.07. The van der Waals surface area contributed by atoms with E-state index in [4.69, 9.17) is 0 Å². The molecule has 0 saturated heterocycles. The van der Waals surface area contributed by atoms with Crippen molar-refractivity contribution < 1.29 is 4.79 Å². The largest absolute Gasteiger partial charge is 0.313 e. The number of carbonyl (C=O) groups is 1. The van der Waals surface area contributed by atoms with Crippen LogP contribution in [0, 0.1) is 12.8 Å². The van der Waals surface area contributed by atoms with Gasteiger partial charge in [-0.3, -0.25) is 4.79 Å². The van der Waals surface area contributed by atoms with E-state index in [1.165, 1.54) is 5.56 Å². The number of hydrogen-bond donors (Lipinski definition) is 0. The molecule has 0 aliphatic carbocycles. The third-order valence-corrected chi connectivity index (χ3v) is 3.99. The predicted molar refractivity (Wildman–Crippen MR) is 84.8 cm³/mol. The average Bonchev–Trinajstić information content (AvgIpc) is 2.66. The minimum absolute atomic E-state index is 0.0545. The maximum absolute atomic E-state index is 11.9. The molecule has 4 heteroatoms. The predicted octanol–water partition coefficient (Wildman–Crippen LogP) is 3.67. The zero-order chi connectivity index (χ0) is 14.7. The molecular weight excluding hydrogens is 268 g/mol. The minimum atomic E-state index is -0.0545. The Balaban J connectivity index is 2.56. The quantitative estimate of drug-likeness (QED) is 0.790. The SMILES string of the molecule is C=CCn1c(=NC(=O)CC(C)C)sc2cc(C)ccc21. The molecule has 2 rings (SSSR count). The summed E-state index contributed by atoms with van der Waals surface area (Å²) in [5, 5.41) is 0. The van der Waals surface area contributed by atoms with Gasteiger partial charge in [0.15, 0.2) is 4.80 Å². The molecule has 0 aliphatic rings. The van der Waals surface area contributed by atoms with Crippen LogP contribution in [0.1, 0.15) is 25.8 Å². The van der Waals surface area contributed by atoms with E-state index in [1.54, 1.807) is 11.3 Å². The van der Waals surface area contributed by atoms with Crippen LogP contribution in [0.15, 0.2) is 35.8 Å². The van der Waals surface area contributed by atoms with Crippen LogP contribution >= 0.6 is 11.3 Å². The Morgan fingerprint density at radius 2 is 2.25 bits per heavy atom. The highest BCUT2D eigenvalue weighted by Gasteiger charge is 2.08. The molecule has 20 heavy (non-hydrogen) atoms. The fraction of sp³-hybridized carbons (Fsp3) is 0.375. The second-order valence-corrected chi connectivity index (χ2v) is 6.37. The highest BCUT2D eigenvalue weighted by atomic mass is 32.1. The normalized spacial score (nSPS) is 12.3. The van der Waals surface area contributed by atoms with Gasteiger partial charge in [0.05, 0.1) is 10.2 Å². The van der Waals surface area contributed by atoms with Crippen LogP contribution in [-0.4, -0.2) is 10.5 Å². The van der Waals surface area contributed by atoms with E-state index >= 15 is 0 Å². The van der Waals surface area contributed by atoms with Gasteiger partial charge in [0.1, 0.15) is 0 Å². The highest BCUT2D eigenvalue weighted by Crippen LogP contribution is 2.19. The van der Waals surface area contributed by atoms with E-state index in [0.29, 0.717) is 18.9 Å². The van der Waals surface area contributed by atoms with E-state index in [2.05, 4.69) is 36.7 Å². The van der Waals surface area contributed by atoms with Crippen LogP contribution in [0.3, 0.4) is 0 Å². The number of carbonyl (C=O) groups excluding carboxylic acids is 1. The van der Waals surface area contributed by atoms with Crippen molar-refractivity contribution in [2.75, 3.05) is 0 Å². The van der Waals surface area contributed by atoms with Gasteiger partial charge >= 0.3 is 0 Å². The van der Waals surface area contributed by atoms with Gasteiger partial charge in [-0.1, -0.05) is 37.3 Å². The lowest BCUT2D eigenvalue weighted by atomic mass is 10.1. The van der Waals surface area contributed by atoms with E-state index < -0.39 is 0 Å².